The molecule has 0 amide bonds. The normalized spacial score (nSPS) is 18.2. The number of aliphatic hydroxyl groups excluding tert-OH is 1. The van der Waals surface area contributed by atoms with Gasteiger partial charge in [-0.2, -0.15) is 0 Å². The van der Waals surface area contributed by atoms with Crippen LogP contribution < -0.4 is 4.90 Å². The molecule has 4 nitrogen and oxygen atoms in total. The highest BCUT2D eigenvalue weighted by molar-refractivity contribution is 7.15. The third-order valence-corrected chi connectivity index (χ3v) is 4.98. The van der Waals surface area contributed by atoms with Crippen molar-refractivity contribution < 1.29 is 5.11 Å². The van der Waals surface area contributed by atoms with Crippen LogP contribution in [0.15, 0.2) is 0 Å². The van der Waals surface area contributed by atoms with E-state index in [1.165, 1.54) is 25.9 Å². The summed E-state index contributed by atoms with van der Waals surface area (Å²) in [5.74, 6) is 0.771. The van der Waals surface area contributed by atoms with Gasteiger partial charge in [0.15, 0.2) is 5.13 Å². The number of hydrogen-bond donors (Lipinski definition) is 1. The third kappa shape index (κ3) is 3.22. The molecule has 1 aliphatic heterocycles. The summed E-state index contributed by atoms with van der Waals surface area (Å²) in [5.41, 5.74) is 0.965. The molecule has 0 aliphatic carbocycles. The predicted octanol–water partition coefficient (Wildman–Crippen LogP) is 1.72. The van der Waals surface area contributed by atoms with Crippen molar-refractivity contribution in [3.63, 3.8) is 0 Å². The maximum atomic E-state index is 9.21. The van der Waals surface area contributed by atoms with Crippen LogP contribution in [-0.2, 0) is 6.61 Å². The van der Waals surface area contributed by atoms with Gasteiger partial charge in [0.05, 0.1) is 17.2 Å². The molecule has 0 aromatic carbocycles. The molecule has 1 aromatic rings. The number of aromatic nitrogens is 1. The largest absolute Gasteiger partial charge is 0.391 e. The summed E-state index contributed by atoms with van der Waals surface area (Å²) >= 11 is 1.61. The lowest BCUT2D eigenvalue weighted by Gasteiger charge is -2.31. The fourth-order valence-electron chi connectivity index (χ4n) is 2.43. The molecule has 102 valence electrons. The molecular formula is C13H23N3OS. The van der Waals surface area contributed by atoms with Crippen molar-refractivity contribution in [3.8, 4) is 0 Å². The van der Waals surface area contributed by atoms with E-state index in [2.05, 4.69) is 28.9 Å². The van der Waals surface area contributed by atoms with Crippen LogP contribution in [0, 0.1) is 12.8 Å². The first kappa shape index (κ1) is 13.8. The number of aliphatic hydroxyl groups is 1. The van der Waals surface area contributed by atoms with E-state index < -0.39 is 0 Å². The lowest BCUT2D eigenvalue weighted by molar-refractivity contribution is 0.222. The standard InChI is InChI=1S/C13H23N3OS/c1-10-12(9-17)18-13(14-10)16(3)8-11-4-6-15(2)7-5-11/h11,17H,4-9H2,1-3H3. The van der Waals surface area contributed by atoms with Gasteiger partial charge >= 0.3 is 0 Å². The predicted molar refractivity (Wildman–Crippen MR) is 76.3 cm³/mol. The smallest absolute Gasteiger partial charge is 0.185 e. The van der Waals surface area contributed by atoms with Gasteiger partial charge in [-0.1, -0.05) is 11.3 Å². The highest BCUT2D eigenvalue weighted by atomic mass is 32.1. The molecule has 1 aromatic heterocycles. The molecule has 0 saturated carbocycles. The second-order valence-corrected chi connectivity index (χ2v) is 6.35. The van der Waals surface area contributed by atoms with Crippen LogP contribution in [-0.4, -0.2) is 48.7 Å². The number of hydrogen-bond acceptors (Lipinski definition) is 5. The summed E-state index contributed by atoms with van der Waals surface area (Å²) in [6.45, 7) is 5.56. The summed E-state index contributed by atoms with van der Waals surface area (Å²) in [4.78, 5) is 10.2. The summed E-state index contributed by atoms with van der Waals surface area (Å²) in [6, 6.07) is 0. The van der Waals surface area contributed by atoms with Crippen LogP contribution >= 0.6 is 11.3 Å². The molecule has 2 rings (SSSR count). The monoisotopic (exact) mass is 269 g/mol. The van der Waals surface area contributed by atoms with Crippen molar-refractivity contribution in [1.29, 1.82) is 0 Å². The molecule has 2 heterocycles. The fourth-order valence-corrected chi connectivity index (χ4v) is 3.32. The number of likely N-dealkylation sites (tertiary alicyclic amines) is 1. The van der Waals surface area contributed by atoms with Crippen LogP contribution in [0.3, 0.4) is 0 Å². The van der Waals surface area contributed by atoms with Gasteiger partial charge in [0.1, 0.15) is 0 Å². The summed E-state index contributed by atoms with van der Waals surface area (Å²) in [7, 11) is 4.30. The average molecular weight is 269 g/mol. The Morgan fingerprint density at radius 2 is 2.11 bits per heavy atom. The molecular weight excluding hydrogens is 246 g/mol. The molecule has 18 heavy (non-hydrogen) atoms. The van der Waals surface area contributed by atoms with Crippen LogP contribution in [0.4, 0.5) is 5.13 Å². The highest BCUT2D eigenvalue weighted by Crippen LogP contribution is 2.27. The highest BCUT2D eigenvalue weighted by Gasteiger charge is 2.19. The van der Waals surface area contributed by atoms with Crippen molar-refractivity contribution in [2.75, 3.05) is 38.6 Å². The van der Waals surface area contributed by atoms with Gasteiger partial charge in [0, 0.05) is 13.6 Å². The van der Waals surface area contributed by atoms with Crippen molar-refractivity contribution >= 4 is 16.5 Å². The molecule has 1 N–H and O–H groups in total. The minimum Gasteiger partial charge on any atom is -0.391 e. The Morgan fingerprint density at radius 1 is 1.44 bits per heavy atom. The van der Waals surface area contributed by atoms with E-state index in [4.69, 9.17) is 0 Å². The van der Waals surface area contributed by atoms with Gasteiger partial charge in [-0.25, -0.2) is 4.98 Å². The van der Waals surface area contributed by atoms with Crippen molar-refractivity contribution in [1.82, 2.24) is 9.88 Å². The molecule has 0 bridgehead atoms. The Kier molecular flexibility index (Phi) is 4.59. The zero-order valence-electron chi connectivity index (χ0n) is 11.5. The Bertz CT molecular complexity index is 386. The maximum absolute atomic E-state index is 9.21. The van der Waals surface area contributed by atoms with Crippen molar-refractivity contribution in [2.24, 2.45) is 5.92 Å². The van der Waals surface area contributed by atoms with Crippen LogP contribution in [0.25, 0.3) is 0 Å². The quantitative estimate of drug-likeness (QED) is 0.903. The molecule has 0 radical (unpaired) electrons. The molecule has 0 unspecified atom stereocenters. The number of thiazole rings is 1. The first-order valence-corrected chi connectivity index (χ1v) is 7.38. The lowest BCUT2D eigenvalue weighted by atomic mass is 9.97. The van der Waals surface area contributed by atoms with E-state index in [-0.39, 0.29) is 6.61 Å². The summed E-state index contributed by atoms with van der Waals surface area (Å²) in [6.07, 6.45) is 2.55. The minimum atomic E-state index is 0.103. The third-order valence-electron chi connectivity index (χ3n) is 3.72. The Balaban J connectivity index is 1.92. The fraction of sp³-hybridized carbons (Fsp3) is 0.769. The van der Waals surface area contributed by atoms with E-state index in [1.54, 1.807) is 11.3 Å². The van der Waals surface area contributed by atoms with Gasteiger partial charge in [-0.3, -0.25) is 0 Å². The maximum Gasteiger partial charge on any atom is 0.185 e. The number of anilines is 1. The van der Waals surface area contributed by atoms with E-state index in [0.29, 0.717) is 0 Å². The summed E-state index contributed by atoms with van der Waals surface area (Å²) < 4.78 is 0. The molecule has 1 fully saturated rings. The SMILES string of the molecule is Cc1nc(N(C)CC2CCN(C)CC2)sc1CO. The van der Waals surface area contributed by atoms with Gasteiger partial charge < -0.3 is 14.9 Å². The van der Waals surface area contributed by atoms with Gasteiger partial charge in [0.2, 0.25) is 0 Å². The van der Waals surface area contributed by atoms with Gasteiger partial charge in [-0.05, 0) is 45.8 Å². The van der Waals surface area contributed by atoms with E-state index in [9.17, 15) is 5.11 Å². The second kappa shape index (κ2) is 5.99. The molecule has 1 saturated heterocycles. The first-order valence-electron chi connectivity index (χ1n) is 6.57. The number of piperidine rings is 1. The van der Waals surface area contributed by atoms with Crippen molar-refractivity contribution in [3.05, 3.63) is 10.6 Å². The number of nitrogens with zero attached hydrogens (tertiary/aromatic N) is 3. The Labute approximate surface area is 113 Å². The van der Waals surface area contributed by atoms with Crippen LogP contribution in [0.1, 0.15) is 23.4 Å². The van der Waals surface area contributed by atoms with Gasteiger partial charge in [0.25, 0.3) is 0 Å². The molecule has 1 aliphatic rings. The van der Waals surface area contributed by atoms with Crippen LogP contribution in [0.2, 0.25) is 0 Å². The molecule has 5 heteroatoms. The molecule has 0 atom stereocenters. The molecule has 0 spiro atoms. The Hall–Kier alpha value is -0.650. The van der Waals surface area contributed by atoms with Crippen molar-refractivity contribution in [2.45, 2.75) is 26.4 Å². The van der Waals surface area contributed by atoms with E-state index in [0.717, 1.165) is 28.2 Å². The lowest BCUT2D eigenvalue weighted by Crippen LogP contribution is -2.35. The van der Waals surface area contributed by atoms with Gasteiger partial charge in [-0.15, -0.1) is 0 Å². The number of rotatable bonds is 4. The summed E-state index contributed by atoms with van der Waals surface area (Å²) in [5, 5.41) is 10.2. The van der Waals surface area contributed by atoms with E-state index >= 15 is 0 Å². The van der Waals surface area contributed by atoms with E-state index in [1.807, 2.05) is 6.92 Å². The topological polar surface area (TPSA) is 39.6 Å². The zero-order chi connectivity index (χ0) is 13.1. The zero-order valence-corrected chi connectivity index (χ0v) is 12.3. The second-order valence-electron chi connectivity index (χ2n) is 5.29. The van der Waals surface area contributed by atoms with Crippen LogP contribution in [0.5, 0.6) is 0 Å². The minimum absolute atomic E-state index is 0.103. The number of aryl methyl sites for hydroxylation is 1. The Morgan fingerprint density at radius 3 is 2.67 bits per heavy atom. The first-order chi connectivity index (χ1) is 8.60. The average Bonchev–Trinajstić information content (AvgIpc) is 2.73.